The molecule has 112 valence electrons. The Bertz CT molecular complexity index is 664. The van der Waals surface area contributed by atoms with Gasteiger partial charge in [-0.15, -0.1) is 0 Å². The van der Waals surface area contributed by atoms with Crippen LogP contribution >= 0.6 is 34.8 Å². The highest BCUT2D eigenvalue weighted by molar-refractivity contribution is 6.35. The summed E-state index contributed by atoms with van der Waals surface area (Å²) in [5, 5.41) is 0.751. The van der Waals surface area contributed by atoms with E-state index in [2.05, 4.69) is 0 Å². The molecule has 0 saturated carbocycles. The molecule has 2 aromatic rings. The molecule has 2 aromatic carbocycles. The molecule has 0 saturated heterocycles. The quantitative estimate of drug-likeness (QED) is 0.821. The molecule has 1 atom stereocenters. The number of ether oxygens (including phenoxy) is 1. The monoisotopic (exact) mass is 347 g/mol. The summed E-state index contributed by atoms with van der Waals surface area (Å²) in [7, 11) is 0. The van der Waals surface area contributed by atoms with Gasteiger partial charge in [0, 0.05) is 11.1 Å². The molecule has 0 amide bonds. The Morgan fingerprint density at radius 2 is 1.86 bits per heavy atom. The van der Waals surface area contributed by atoms with E-state index < -0.39 is 11.9 Å². The maximum absolute atomic E-state index is 13.5. The molecule has 0 aliphatic rings. The van der Waals surface area contributed by atoms with Crippen molar-refractivity contribution in [3.63, 3.8) is 0 Å². The summed E-state index contributed by atoms with van der Waals surface area (Å²) in [6, 6.07) is 6.98. The molecular weight excluding hydrogens is 336 g/mol. The first kappa shape index (κ1) is 16.4. The lowest BCUT2D eigenvalue weighted by atomic mass is 9.99. The van der Waals surface area contributed by atoms with Gasteiger partial charge in [-0.1, -0.05) is 46.9 Å². The number of benzene rings is 2. The molecule has 0 aliphatic carbocycles. The van der Waals surface area contributed by atoms with Crippen LogP contribution in [0.2, 0.25) is 15.1 Å². The highest BCUT2D eigenvalue weighted by Crippen LogP contribution is 2.37. The van der Waals surface area contributed by atoms with Gasteiger partial charge in [-0.25, -0.2) is 4.39 Å². The predicted octanol–water partition coefficient (Wildman–Crippen LogP) is 5.23. The fourth-order valence-electron chi connectivity index (χ4n) is 1.98. The van der Waals surface area contributed by atoms with E-state index in [4.69, 9.17) is 45.3 Å². The van der Waals surface area contributed by atoms with Crippen molar-refractivity contribution in [3.8, 4) is 5.75 Å². The van der Waals surface area contributed by atoms with Gasteiger partial charge < -0.3 is 10.5 Å². The van der Waals surface area contributed by atoms with E-state index >= 15 is 0 Å². The maximum atomic E-state index is 13.5. The predicted molar refractivity (Wildman–Crippen MR) is 85.1 cm³/mol. The largest absolute Gasteiger partial charge is 0.492 e. The van der Waals surface area contributed by atoms with Crippen molar-refractivity contribution in [3.05, 3.63) is 62.3 Å². The lowest BCUT2D eigenvalue weighted by molar-refractivity contribution is 0.340. The molecule has 0 heterocycles. The zero-order valence-electron chi connectivity index (χ0n) is 11.2. The summed E-state index contributed by atoms with van der Waals surface area (Å²) in [5.74, 6) is -0.0526. The van der Waals surface area contributed by atoms with Crippen LogP contribution in [-0.4, -0.2) is 6.61 Å². The van der Waals surface area contributed by atoms with Crippen molar-refractivity contribution in [2.45, 2.75) is 13.0 Å². The third-order valence-electron chi connectivity index (χ3n) is 3.00. The van der Waals surface area contributed by atoms with E-state index in [9.17, 15) is 4.39 Å². The van der Waals surface area contributed by atoms with Crippen LogP contribution in [-0.2, 0) is 0 Å². The van der Waals surface area contributed by atoms with Gasteiger partial charge in [-0.3, -0.25) is 0 Å². The van der Waals surface area contributed by atoms with Crippen LogP contribution in [0.1, 0.15) is 24.1 Å². The molecule has 0 fully saturated rings. The van der Waals surface area contributed by atoms with Crippen LogP contribution in [0.3, 0.4) is 0 Å². The molecule has 0 bridgehead atoms. The highest BCUT2D eigenvalue weighted by atomic mass is 35.5. The fraction of sp³-hybridized carbons (Fsp3) is 0.200. The number of hydrogen-bond donors (Lipinski definition) is 1. The number of nitrogens with two attached hydrogens (primary N) is 1. The molecule has 21 heavy (non-hydrogen) atoms. The normalized spacial score (nSPS) is 12.3. The average Bonchev–Trinajstić information content (AvgIpc) is 2.45. The van der Waals surface area contributed by atoms with E-state index in [1.54, 1.807) is 24.3 Å². The van der Waals surface area contributed by atoms with Gasteiger partial charge >= 0.3 is 0 Å². The molecule has 0 radical (unpaired) electrons. The summed E-state index contributed by atoms with van der Waals surface area (Å²) in [6.07, 6.45) is 0. The van der Waals surface area contributed by atoms with Crippen LogP contribution in [0.15, 0.2) is 30.3 Å². The Morgan fingerprint density at radius 1 is 1.14 bits per heavy atom. The average molecular weight is 349 g/mol. The smallest absolute Gasteiger partial charge is 0.142 e. The third kappa shape index (κ3) is 3.43. The van der Waals surface area contributed by atoms with Gasteiger partial charge in [-0.05, 0) is 30.2 Å². The van der Waals surface area contributed by atoms with Crippen molar-refractivity contribution in [2.24, 2.45) is 5.73 Å². The maximum Gasteiger partial charge on any atom is 0.142 e. The zero-order chi connectivity index (χ0) is 15.6. The Kier molecular flexibility index (Phi) is 5.33. The number of halogens is 4. The minimum atomic E-state index is -0.686. The SMILES string of the molecule is CCOc1cc(Cl)c(C(N)c2cccc(F)c2Cl)cc1Cl. The molecular formula is C15H13Cl3FNO. The van der Waals surface area contributed by atoms with E-state index in [1.807, 2.05) is 6.92 Å². The van der Waals surface area contributed by atoms with Crippen LogP contribution < -0.4 is 10.5 Å². The van der Waals surface area contributed by atoms with Crippen molar-refractivity contribution in [2.75, 3.05) is 6.61 Å². The van der Waals surface area contributed by atoms with Gasteiger partial charge in [0.2, 0.25) is 0 Å². The minimum Gasteiger partial charge on any atom is -0.492 e. The van der Waals surface area contributed by atoms with E-state index in [-0.39, 0.29) is 5.02 Å². The number of rotatable bonds is 4. The van der Waals surface area contributed by atoms with Crippen LogP contribution in [0.4, 0.5) is 4.39 Å². The van der Waals surface area contributed by atoms with Crippen LogP contribution in [0, 0.1) is 5.82 Å². The summed E-state index contributed by atoms with van der Waals surface area (Å²) >= 11 is 18.3. The minimum absolute atomic E-state index is 0.0222. The third-order valence-corrected chi connectivity index (χ3v) is 4.02. The topological polar surface area (TPSA) is 35.2 Å². The fourth-order valence-corrected chi connectivity index (χ4v) is 2.72. The van der Waals surface area contributed by atoms with Crippen molar-refractivity contribution in [1.29, 1.82) is 0 Å². The molecule has 1 unspecified atom stereocenters. The molecule has 2 N–H and O–H groups in total. The van der Waals surface area contributed by atoms with Crippen molar-refractivity contribution < 1.29 is 9.13 Å². The molecule has 6 heteroatoms. The standard InChI is InChI=1S/C15H13Cl3FNO/c1-2-21-13-7-10(16)9(6-11(13)17)15(20)8-4-3-5-12(19)14(8)18/h3-7,15H,2,20H2,1H3. The van der Waals surface area contributed by atoms with E-state index in [0.29, 0.717) is 33.5 Å². The molecule has 0 aromatic heterocycles. The second-order valence-electron chi connectivity index (χ2n) is 4.36. The Morgan fingerprint density at radius 3 is 2.52 bits per heavy atom. The molecule has 2 nitrogen and oxygen atoms in total. The van der Waals surface area contributed by atoms with Crippen molar-refractivity contribution in [1.82, 2.24) is 0 Å². The van der Waals surface area contributed by atoms with E-state index in [1.165, 1.54) is 6.07 Å². The van der Waals surface area contributed by atoms with Crippen LogP contribution in [0.25, 0.3) is 0 Å². The summed E-state index contributed by atoms with van der Waals surface area (Å²) in [6.45, 7) is 2.31. The molecule has 2 rings (SSSR count). The zero-order valence-corrected chi connectivity index (χ0v) is 13.4. The Labute approximate surface area is 137 Å². The number of hydrogen-bond acceptors (Lipinski definition) is 2. The van der Waals surface area contributed by atoms with Gasteiger partial charge in [0.25, 0.3) is 0 Å². The summed E-state index contributed by atoms with van der Waals surface area (Å²) < 4.78 is 18.9. The lowest BCUT2D eigenvalue weighted by Gasteiger charge is -2.17. The second kappa shape index (κ2) is 6.84. The van der Waals surface area contributed by atoms with Gasteiger partial charge in [-0.2, -0.15) is 0 Å². The first-order chi connectivity index (χ1) is 9.95. The molecule has 0 spiro atoms. The molecule has 0 aliphatic heterocycles. The van der Waals surface area contributed by atoms with Gasteiger partial charge in [0.05, 0.1) is 22.7 Å². The Hall–Kier alpha value is -1.00. The second-order valence-corrected chi connectivity index (χ2v) is 5.55. The van der Waals surface area contributed by atoms with Crippen molar-refractivity contribution >= 4 is 34.8 Å². The Balaban J connectivity index is 2.46. The lowest BCUT2D eigenvalue weighted by Crippen LogP contribution is -2.13. The van der Waals surface area contributed by atoms with Crippen LogP contribution in [0.5, 0.6) is 5.75 Å². The summed E-state index contributed by atoms with van der Waals surface area (Å²) in [4.78, 5) is 0. The first-order valence-electron chi connectivity index (χ1n) is 6.27. The first-order valence-corrected chi connectivity index (χ1v) is 7.40. The summed E-state index contributed by atoms with van der Waals surface area (Å²) in [5.41, 5.74) is 7.14. The highest BCUT2D eigenvalue weighted by Gasteiger charge is 2.19. The van der Waals surface area contributed by atoms with E-state index in [0.717, 1.165) is 0 Å². The van der Waals surface area contributed by atoms with Gasteiger partial charge in [0.1, 0.15) is 11.6 Å². The van der Waals surface area contributed by atoms with Gasteiger partial charge in [0.15, 0.2) is 0 Å².